The lowest BCUT2D eigenvalue weighted by molar-refractivity contribution is -0.141. The van der Waals surface area contributed by atoms with Gasteiger partial charge in [0.2, 0.25) is 15.9 Å². The molecule has 1 amide bonds. The van der Waals surface area contributed by atoms with Crippen LogP contribution >= 0.6 is 0 Å². The average molecular weight is 508 g/mol. The minimum atomic E-state index is -4.64. The fourth-order valence-electron chi connectivity index (χ4n) is 2.89. The second-order valence-electron chi connectivity index (χ2n) is 7.36. The maximum absolute atomic E-state index is 14.1. The number of alkyl halides is 3. The van der Waals surface area contributed by atoms with Gasteiger partial charge in [-0.3, -0.25) is 9.52 Å². The van der Waals surface area contributed by atoms with E-state index in [0.29, 0.717) is 11.3 Å². The van der Waals surface area contributed by atoms with Crippen LogP contribution in [0.4, 0.5) is 34.8 Å². The molecule has 1 aromatic heterocycles. The molecule has 12 heteroatoms. The van der Waals surface area contributed by atoms with Crippen molar-refractivity contribution in [2.45, 2.75) is 12.7 Å². The highest BCUT2D eigenvalue weighted by atomic mass is 32.2. The number of rotatable bonds is 8. The Morgan fingerprint density at radius 1 is 1.06 bits per heavy atom. The Labute approximate surface area is 198 Å². The number of halogens is 4. The zero-order valence-corrected chi connectivity index (χ0v) is 19.0. The van der Waals surface area contributed by atoms with Crippen molar-refractivity contribution in [1.82, 2.24) is 10.3 Å². The van der Waals surface area contributed by atoms with Crippen LogP contribution in [0.1, 0.15) is 16.8 Å². The Kier molecular flexibility index (Phi) is 7.75. The largest absolute Gasteiger partial charge is 0.433 e. The van der Waals surface area contributed by atoms with E-state index in [1.807, 2.05) is 4.72 Å². The average Bonchev–Trinajstić information content (AvgIpc) is 2.77. The van der Waals surface area contributed by atoms with Crippen molar-refractivity contribution in [3.8, 4) is 0 Å². The molecular weight excluding hydrogens is 488 g/mol. The Morgan fingerprint density at radius 2 is 1.77 bits per heavy atom. The molecule has 0 aliphatic heterocycles. The van der Waals surface area contributed by atoms with Crippen molar-refractivity contribution in [3.05, 3.63) is 89.4 Å². The highest BCUT2D eigenvalue weighted by molar-refractivity contribution is 7.92. The molecule has 0 aliphatic carbocycles. The molecular formula is C23H20F4N4O3S. The molecule has 3 aromatic rings. The number of carbonyl (C=O) groups is 1. The van der Waals surface area contributed by atoms with Crippen molar-refractivity contribution in [2.75, 3.05) is 16.3 Å². The van der Waals surface area contributed by atoms with Crippen LogP contribution in [-0.2, 0) is 27.5 Å². The fourth-order valence-corrected chi connectivity index (χ4v) is 3.45. The van der Waals surface area contributed by atoms with E-state index in [2.05, 4.69) is 15.6 Å². The van der Waals surface area contributed by atoms with E-state index in [4.69, 9.17) is 0 Å². The van der Waals surface area contributed by atoms with Crippen LogP contribution in [0, 0.1) is 5.82 Å². The van der Waals surface area contributed by atoms with Gasteiger partial charge in [0, 0.05) is 23.9 Å². The van der Waals surface area contributed by atoms with Gasteiger partial charge in [-0.1, -0.05) is 24.3 Å². The molecule has 35 heavy (non-hydrogen) atoms. The van der Waals surface area contributed by atoms with Gasteiger partial charge in [0.1, 0.15) is 17.3 Å². The number of nitrogens with one attached hydrogen (secondary N) is 3. The van der Waals surface area contributed by atoms with E-state index < -0.39 is 33.6 Å². The van der Waals surface area contributed by atoms with E-state index in [0.717, 1.165) is 24.5 Å². The number of sulfonamides is 1. The number of aromatic nitrogens is 1. The highest BCUT2D eigenvalue weighted by Crippen LogP contribution is 2.31. The van der Waals surface area contributed by atoms with Gasteiger partial charge in [0.25, 0.3) is 0 Å². The number of nitrogens with zero attached hydrogens (tertiary/aromatic N) is 1. The molecule has 3 N–H and O–H groups in total. The second-order valence-corrected chi connectivity index (χ2v) is 9.11. The van der Waals surface area contributed by atoms with Crippen LogP contribution in [-0.4, -0.2) is 25.6 Å². The van der Waals surface area contributed by atoms with Crippen LogP contribution in [0.15, 0.2) is 66.7 Å². The zero-order valence-electron chi connectivity index (χ0n) is 18.2. The van der Waals surface area contributed by atoms with Gasteiger partial charge < -0.3 is 10.6 Å². The van der Waals surface area contributed by atoms with Gasteiger partial charge in [-0.25, -0.2) is 17.8 Å². The predicted octanol–water partition coefficient (Wildman–Crippen LogP) is 4.68. The van der Waals surface area contributed by atoms with Crippen LogP contribution in [0.3, 0.4) is 0 Å². The summed E-state index contributed by atoms with van der Waals surface area (Å²) in [5.41, 5.74) is -0.205. The van der Waals surface area contributed by atoms with Crippen molar-refractivity contribution >= 4 is 39.2 Å². The number of para-hydroxylation sites is 1. The quantitative estimate of drug-likeness (QED) is 0.303. The van der Waals surface area contributed by atoms with Gasteiger partial charge >= 0.3 is 6.18 Å². The summed E-state index contributed by atoms with van der Waals surface area (Å²) in [6, 6.07) is 14.2. The number of benzene rings is 2. The van der Waals surface area contributed by atoms with Gasteiger partial charge in [-0.2, -0.15) is 13.2 Å². The summed E-state index contributed by atoms with van der Waals surface area (Å²) >= 11 is 0. The monoisotopic (exact) mass is 508 g/mol. The molecule has 0 bridgehead atoms. The molecule has 7 nitrogen and oxygen atoms in total. The summed E-state index contributed by atoms with van der Waals surface area (Å²) < 4.78 is 77.9. The third kappa shape index (κ3) is 7.81. The van der Waals surface area contributed by atoms with Gasteiger partial charge in [-0.15, -0.1) is 0 Å². The third-order valence-corrected chi connectivity index (χ3v) is 5.05. The van der Waals surface area contributed by atoms with Gasteiger partial charge in [-0.05, 0) is 48.0 Å². The number of anilines is 3. The first-order chi connectivity index (χ1) is 16.4. The molecule has 3 rings (SSSR count). The topological polar surface area (TPSA) is 100 Å². The first-order valence-electron chi connectivity index (χ1n) is 10.0. The van der Waals surface area contributed by atoms with Crippen molar-refractivity contribution in [3.63, 3.8) is 0 Å². The minimum absolute atomic E-state index is 0.0698. The summed E-state index contributed by atoms with van der Waals surface area (Å²) in [5.74, 6) is -1.49. The van der Waals surface area contributed by atoms with E-state index in [1.54, 1.807) is 30.3 Å². The summed E-state index contributed by atoms with van der Waals surface area (Å²) in [5, 5.41) is 5.33. The second kappa shape index (κ2) is 10.6. The Hall–Kier alpha value is -3.93. The normalized spacial score (nSPS) is 11.9. The molecule has 0 spiro atoms. The molecule has 0 fully saturated rings. The number of amides is 1. The summed E-state index contributed by atoms with van der Waals surface area (Å²) in [4.78, 5) is 15.9. The fraction of sp³-hybridized carbons (Fsp3) is 0.130. The lowest BCUT2D eigenvalue weighted by Gasteiger charge is -2.12. The highest BCUT2D eigenvalue weighted by Gasteiger charge is 2.33. The minimum Gasteiger partial charge on any atom is -0.348 e. The zero-order chi connectivity index (χ0) is 25.6. The maximum atomic E-state index is 14.1. The number of hydrogen-bond donors (Lipinski definition) is 3. The molecule has 0 radical (unpaired) electrons. The van der Waals surface area contributed by atoms with Crippen molar-refractivity contribution in [1.29, 1.82) is 0 Å². The van der Waals surface area contributed by atoms with E-state index in [-0.39, 0.29) is 23.6 Å². The summed E-state index contributed by atoms with van der Waals surface area (Å²) in [7, 11) is -3.65. The molecule has 0 unspecified atom stereocenters. The molecule has 0 aliphatic rings. The van der Waals surface area contributed by atoms with E-state index >= 15 is 0 Å². The SMILES string of the molecule is CS(=O)(=O)Nc1ccc(CNC(=O)C=Cc2ccc(C(F)(F)F)nc2Nc2ccccc2)cc1F. The van der Waals surface area contributed by atoms with E-state index in [1.165, 1.54) is 24.3 Å². The van der Waals surface area contributed by atoms with E-state index in [9.17, 15) is 30.8 Å². The number of pyridine rings is 1. The molecule has 0 saturated carbocycles. The Morgan fingerprint density at radius 3 is 2.40 bits per heavy atom. The lowest BCUT2D eigenvalue weighted by atomic mass is 10.2. The molecule has 184 valence electrons. The van der Waals surface area contributed by atoms with Crippen LogP contribution in [0.25, 0.3) is 6.08 Å². The Bertz CT molecular complexity index is 1340. The van der Waals surface area contributed by atoms with Crippen LogP contribution < -0.4 is 15.4 Å². The first kappa shape index (κ1) is 25.7. The molecule has 0 saturated heterocycles. The molecule has 2 aromatic carbocycles. The number of hydrogen-bond acceptors (Lipinski definition) is 5. The van der Waals surface area contributed by atoms with Gasteiger partial charge in [0.15, 0.2) is 0 Å². The van der Waals surface area contributed by atoms with Crippen molar-refractivity contribution < 1.29 is 30.8 Å². The molecule has 1 heterocycles. The first-order valence-corrected chi connectivity index (χ1v) is 11.9. The smallest absolute Gasteiger partial charge is 0.348 e. The van der Waals surface area contributed by atoms with Gasteiger partial charge in [0.05, 0.1) is 11.9 Å². The van der Waals surface area contributed by atoms with Crippen LogP contribution in [0.2, 0.25) is 0 Å². The third-order valence-electron chi connectivity index (χ3n) is 4.46. The standard InChI is InChI=1S/C23H20F4N4O3S/c1-35(33,34)31-19-10-7-15(13-18(19)24)14-28-21(32)12-9-16-8-11-20(23(25,26)27)30-22(16)29-17-5-3-2-4-6-17/h2-13,31H,14H2,1H3,(H,28,32)(H,29,30). The maximum Gasteiger partial charge on any atom is 0.433 e. The molecule has 0 atom stereocenters. The number of carbonyl (C=O) groups excluding carboxylic acids is 1. The predicted molar refractivity (Wildman–Crippen MR) is 125 cm³/mol. The van der Waals surface area contributed by atoms with Crippen molar-refractivity contribution in [2.24, 2.45) is 0 Å². The van der Waals surface area contributed by atoms with Crippen LogP contribution in [0.5, 0.6) is 0 Å². The summed E-state index contributed by atoms with van der Waals surface area (Å²) in [6.07, 6.45) is -1.35. The lowest BCUT2D eigenvalue weighted by Crippen LogP contribution is -2.20. The summed E-state index contributed by atoms with van der Waals surface area (Å²) in [6.45, 7) is -0.0698. The Balaban J connectivity index is 1.71.